The van der Waals surface area contributed by atoms with E-state index in [9.17, 15) is 9.50 Å². The third-order valence-electron chi connectivity index (χ3n) is 2.28. The number of hydrogen-bond donors (Lipinski definition) is 2. The first-order valence-corrected chi connectivity index (χ1v) is 5.72. The van der Waals surface area contributed by atoms with Crippen molar-refractivity contribution < 1.29 is 9.50 Å². The lowest BCUT2D eigenvalue weighted by Gasteiger charge is -2.20. The van der Waals surface area contributed by atoms with Crippen LogP contribution in [0.25, 0.3) is 0 Å². The van der Waals surface area contributed by atoms with Gasteiger partial charge in [-0.3, -0.25) is 0 Å². The van der Waals surface area contributed by atoms with Gasteiger partial charge in [0.2, 0.25) is 0 Å². The molecule has 0 aromatic heterocycles. The minimum absolute atomic E-state index is 0.161. The van der Waals surface area contributed by atoms with Gasteiger partial charge in [-0.1, -0.05) is 28.9 Å². The Morgan fingerprint density at radius 2 is 2.20 bits per heavy atom. The highest BCUT2D eigenvalue weighted by Crippen LogP contribution is 2.23. The predicted molar refractivity (Wildman–Crippen MR) is 62.2 cm³/mol. The summed E-state index contributed by atoms with van der Waals surface area (Å²) in [5, 5.41) is 12.9. The number of aliphatic hydroxyl groups excluding tert-OH is 1. The minimum atomic E-state index is -0.821. The lowest BCUT2D eigenvalue weighted by atomic mass is 10.0. The largest absolute Gasteiger partial charge is 0.387 e. The first-order chi connectivity index (χ1) is 7.06. The molecule has 0 aliphatic carbocycles. The fraction of sp³-hybridized carbons (Fsp3) is 0.455. The maximum Gasteiger partial charge on any atom is 0.130 e. The van der Waals surface area contributed by atoms with Gasteiger partial charge in [0.05, 0.1) is 6.10 Å². The molecule has 1 rings (SSSR count). The molecule has 0 spiro atoms. The monoisotopic (exact) mass is 275 g/mol. The second kappa shape index (κ2) is 5.58. The molecule has 0 bridgehead atoms. The Labute approximate surface area is 97.6 Å². The van der Waals surface area contributed by atoms with E-state index in [2.05, 4.69) is 21.2 Å². The molecule has 0 aliphatic heterocycles. The summed E-state index contributed by atoms with van der Waals surface area (Å²) in [4.78, 5) is 0. The number of nitrogens with one attached hydrogen (secondary N) is 1. The van der Waals surface area contributed by atoms with Crippen molar-refractivity contribution in [3.8, 4) is 0 Å². The summed E-state index contributed by atoms with van der Waals surface area (Å²) in [5.74, 6) is -0.387. The molecule has 0 aliphatic rings. The number of hydrogen-bond acceptors (Lipinski definition) is 2. The van der Waals surface area contributed by atoms with Crippen molar-refractivity contribution in [2.45, 2.75) is 26.0 Å². The maximum atomic E-state index is 13.5. The molecule has 2 nitrogen and oxygen atoms in total. The smallest absolute Gasteiger partial charge is 0.130 e. The maximum absolute atomic E-state index is 13.5. The fourth-order valence-electron chi connectivity index (χ4n) is 1.44. The van der Waals surface area contributed by atoms with Crippen molar-refractivity contribution in [1.29, 1.82) is 0 Å². The molecule has 0 saturated heterocycles. The highest BCUT2D eigenvalue weighted by atomic mass is 79.9. The van der Waals surface area contributed by atoms with Gasteiger partial charge in [0, 0.05) is 16.1 Å². The molecule has 0 heterocycles. The molecule has 84 valence electrons. The van der Waals surface area contributed by atoms with Crippen LogP contribution in [0.3, 0.4) is 0 Å². The van der Waals surface area contributed by atoms with E-state index >= 15 is 0 Å². The quantitative estimate of drug-likeness (QED) is 0.886. The Morgan fingerprint density at radius 3 is 2.73 bits per heavy atom. The van der Waals surface area contributed by atoms with Crippen LogP contribution in [-0.4, -0.2) is 17.7 Å². The molecule has 4 heteroatoms. The highest BCUT2D eigenvalue weighted by Gasteiger charge is 2.18. The Bertz CT molecular complexity index is 332. The minimum Gasteiger partial charge on any atom is -0.387 e. The van der Waals surface area contributed by atoms with Gasteiger partial charge in [0.1, 0.15) is 5.82 Å². The van der Waals surface area contributed by atoms with Gasteiger partial charge in [-0.05, 0) is 25.6 Å². The van der Waals surface area contributed by atoms with E-state index in [0.29, 0.717) is 10.0 Å². The van der Waals surface area contributed by atoms with Crippen LogP contribution in [0.15, 0.2) is 22.7 Å². The first-order valence-electron chi connectivity index (χ1n) is 4.92. The molecule has 0 saturated carbocycles. The van der Waals surface area contributed by atoms with Gasteiger partial charge < -0.3 is 10.4 Å². The van der Waals surface area contributed by atoms with Crippen molar-refractivity contribution in [2.24, 2.45) is 0 Å². The lowest BCUT2D eigenvalue weighted by Crippen LogP contribution is -2.32. The SMILES string of the molecule is CCNC(C)C(O)c1ccc(Br)cc1F. The summed E-state index contributed by atoms with van der Waals surface area (Å²) in [6.07, 6.45) is -0.821. The van der Waals surface area contributed by atoms with E-state index < -0.39 is 6.10 Å². The Kier molecular flexibility index (Phi) is 4.70. The van der Waals surface area contributed by atoms with Gasteiger partial charge in [0.15, 0.2) is 0 Å². The summed E-state index contributed by atoms with van der Waals surface area (Å²) in [7, 11) is 0. The molecule has 2 atom stereocenters. The number of aliphatic hydroxyl groups is 1. The topological polar surface area (TPSA) is 32.3 Å². The van der Waals surface area contributed by atoms with Crippen LogP contribution >= 0.6 is 15.9 Å². The van der Waals surface area contributed by atoms with Crippen LogP contribution < -0.4 is 5.32 Å². The molecule has 0 amide bonds. The summed E-state index contributed by atoms with van der Waals surface area (Å²) in [6.45, 7) is 4.52. The van der Waals surface area contributed by atoms with Crippen molar-refractivity contribution in [3.05, 3.63) is 34.1 Å². The summed E-state index contributed by atoms with van der Waals surface area (Å²) in [6, 6.07) is 4.51. The zero-order valence-electron chi connectivity index (χ0n) is 8.80. The Balaban J connectivity index is 2.86. The third-order valence-corrected chi connectivity index (χ3v) is 2.77. The van der Waals surface area contributed by atoms with Gasteiger partial charge >= 0.3 is 0 Å². The molecule has 15 heavy (non-hydrogen) atoms. The molecular weight excluding hydrogens is 261 g/mol. The summed E-state index contributed by atoms with van der Waals surface area (Å²) >= 11 is 3.18. The lowest BCUT2D eigenvalue weighted by molar-refractivity contribution is 0.133. The van der Waals surface area contributed by atoms with Crippen LogP contribution in [0.1, 0.15) is 25.5 Å². The second-order valence-corrected chi connectivity index (χ2v) is 4.37. The normalized spacial score (nSPS) is 15.0. The average molecular weight is 276 g/mol. The molecule has 2 N–H and O–H groups in total. The molecule has 1 aromatic rings. The van der Waals surface area contributed by atoms with Gasteiger partial charge in [-0.15, -0.1) is 0 Å². The van der Waals surface area contributed by atoms with Gasteiger partial charge in [-0.2, -0.15) is 0 Å². The van der Waals surface area contributed by atoms with Crippen LogP contribution in [0.2, 0.25) is 0 Å². The van der Waals surface area contributed by atoms with E-state index in [1.165, 1.54) is 6.07 Å². The molecule has 0 radical (unpaired) electrons. The fourth-order valence-corrected chi connectivity index (χ4v) is 1.78. The molecule has 2 unspecified atom stereocenters. The average Bonchev–Trinajstić information content (AvgIpc) is 2.17. The molecule has 0 fully saturated rings. The van der Waals surface area contributed by atoms with Crippen LogP contribution in [0, 0.1) is 5.82 Å². The number of halogens is 2. The number of likely N-dealkylation sites (N-methyl/N-ethyl adjacent to an activating group) is 1. The van der Waals surface area contributed by atoms with E-state index in [1.807, 2.05) is 13.8 Å². The van der Waals surface area contributed by atoms with E-state index in [-0.39, 0.29) is 11.9 Å². The van der Waals surface area contributed by atoms with Gasteiger partial charge in [-0.25, -0.2) is 4.39 Å². The van der Waals surface area contributed by atoms with Crippen molar-refractivity contribution in [3.63, 3.8) is 0 Å². The van der Waals surface area contributed by atoms with E-state index in [1.54, 1.807) is 12.1 Å². The Morgan fingerprint density at radius 1 is 1.53 bits per heavy atom. The van der Waals surface area contributed by atoms with Crippen LogP contribution in [0.4, 0.5) is 4.39 Å². The Hall–Kier alpha value is -0.450. The van der Waals surface area contributed by atoms with E-state index in [4.69, 9.17) is 0 Å². The number of rotatable bonds is 4. The first kappa shape index (κ1) is 12.6. The zero-order chi connectivity index (χ0) is 11.4. The zero-order valence-corrected chi connectivity index (χ0v) is 10.4. The standard InChI is InChI=1S/C11H15BrFNO/c1-3-14-7(2)11(15)9-5-4-8(12)6-10(9)13/h4-7,11,14-15H,3H2,1-2H3. The van der Waals surface area contributed by atoms with Crippen LogP contribution in [-0.2, 0) is 0 Å². The summed E-state index contributed by atoms with van der Waals surface area (Å²) in [5.41, 5.74) is 0.326. The van der Waals surface area contributed by atoms with Crippen molar-refractivity contribution in [2.75, 3.05) is 6.54 Å². The van der Waals surface area contributed by atoms with Crippen LogP contribution in [0.5, 0.6) is 0 Å². The van der Waals surface area contributed by atoms with Crippen molar-refractivity contribution >= 4 is 15.9 Å². The van der Waals surface area contributed by atoms with E-state index in [0.717, 1.165) is 6.54 Å². The predicted octanol–water partition coefficient (Wildman–Crippen LogP) is 2.62. The second-order valence-electron chi connectivity index (χ2n) is 3.46. The van der Waals surface area contributed by atoms with Gasteiger partial charge in [0.25, 0.3) is 0 Å². The highest BCUT2D eigenvalue weighted by molar-refractivity contribution is 9.10. The third kappa shape index (κ3) is 3.26. The number of benzene rings is 1. The molecule has 1 aromatic carbocycles. The molecular formula is C11H15BrFNO. The van der Waals surface area contributed by atoms with Crippen molar-refractivity contribution in [1.82, 2.24) is 5.32 Å². The summed E-state index contributed by atoms with van der Waals surface area (Å²) < 4.78 is 14.2.